The van der Waals surface area contributed by atoms with Crippen LogP contribution in [0.25, 0.3) is 0 Å². The molecule has 174 valence electrons. The fourth-order valence-electron chi connectivity index (χ4n) is 3.45. The van der Waals surface area contributed by atoms with Gasteiger partial charge in [-0.3, -0.25) is 19.3 Å². The molecule has 0 bridgehead atoms. The van der Waals surface area contributed by atoms with E-state index in [-0.39, 0.29) is 18.1 Å². The lowest BCUT2D eigenvalue weighted by Gasteiger charge is -2.13. The molecular formula is C26H19N3O4S2. The van der Waals surface area contributed by atoms with Crippen LogP contribution in [0.15, 0.2) is 110 Å². The molecule has 0 radical (unpaired) electrons. The highest BCUT2D eigenvalue weighted by molar-refractivity contribution is 8.04. The molecule has 4 aromatic rings. The van der Waals surface area contributed by atoms with Crippen LogP contribution in [0.4, 0.5) is 11.4 Å². The van der Waals surface area contributed by atoms with Gasteiger partial charge in [-0.15, -0.1) is 11.3 Å². The van der Waals surface area contributed by atoms with Crippen molar-refractivity contribution in [2.24, 2.45) is 0 Å². The van der Waals surface area contributed by atoms with E-state index in [1.54, 1.807) is 42.5 Å². The number of hydrogen-bond acceptors (Lipinski definition) is 7. The molecular weight excluding hydrogens is 482 g/mol. The number of thiophene rings is 1. The van der Waals surface area contributed by atoms with E-state index in [0.717, 1.165) is 4.90 Å². The summed E-state index contributed by atoms with van der Waals surface area (Å²) in [6.07, 6.45) is 1.51. The molecule has 1 aliphatic heterocycles. The summed E-state index contributed by atoms with van der Waals surface area (Å²) >= 11 is 2.56. The van der Waals surface area contributed by atoms with Crippen molar-refractivity contribution in [3.8, 4) is 0 Å². The van der Waals surface area contributed by atoms with E-state index in [0.29, 0.717) is 26.9 Å². The van der Waals surface area contributed by atoms with E-state index in [1.165, 1.54) is 34.3 Å². The van der Waals surface area contributed by atoms with Gasteiger partial charge in [-0.05, 0) is 60.0 Å². The Labute approximate surface area is 209 Å². The number of rotatable bonds is 8. The van der Waals surface area contributed by atoms with Gasteiger partial charge in [0.1, 0.15) is 16.4 Å². The smallest absolute Gasteiger partial charge is 0.278 e. The van der Waals surface area contributed by atoms with Crippen molar-refractivity contribution in [3.63, 3.8) is 0 Å². The van der Waals surface area contributed by atoms with E-state index in [1.807, 2.05) is 41.8 Å². The molecule has 35 heavy (non-hydrogen) atoms. The number of thioether (sulfide) groups is 1. The van der Waals surface area contributed by atoms with Crippen molar-refractivity contribution in [1.82, 2.24) is 4.90 Å². The van der Waals surface area contributed by atoms with Gasteiger partial charge >= 0.3 is 0 Å². The first-order valence-corrected chi connectivity index (χ1v) is 12.4. The lowest BCUT2D eigenvalue weighted by molar-refractivity contribution is -0.138. The van der Waals surface area contributed by atoms with Crippen LogP contribution < -0.4 is 10.6 Å². The molecule has 0 fully saturated rings. The molecule has 0 saturated carbocycles. The van der Waals surface area contributed by atoms with E-state index in [2.05, 4.69) is 10.6 Å². The van der Waals surface area contributed by atoms with Crippen molar-refractivity contribution in [2.75, 3.05) is 10.6 Å². The Kier molecular flexibility index (Phi) is 6.51. The predicted octanol–water partition coefficient (Wildman–Crippen LogP) is 5.58. The highest BCUT2D eigenvalue weighted by Crippen LogP contribution is 2.37. The van der Waals surface area contributed by atoms with Crippen LogP contribution in [-0.2, 0) is 16.1 Å². The number of hydrogen-bond donors (Lipinski definition) is 2. The van der Waals surface area contributed by atoms with Crippen LogP contribution in [0.5, 0.6) is 0 Å². The summed E-state index contributed by atoms with van der Waals surface area (Å²) in [5, 5.41) is 7.81. The zero-order valence-electron chi connectivity index (χ0n) is 18.3. The second-order valence-electron chi connectivity index (χ2n) is 7.53. The predicted molar refractivity (Wildman–Crippen MR) is 136 cm³/mol. The number of nitrogens with one attached hydrogen (secondary N) is 2. The fraction of sp³-hybridized carbons (Fsp3) is 0.0385. The SMILES string of the molecule is O=C(Nc1ccc(SC2=C(Nc3ccccc3)C(=O)N(Cc3ccco3)C2=O)cc1)c1cccs1. The van der Waals surface area contributed by atoms with E-state index >= 15 is 0 Å². The Hall–Kier alpha value is -4.08. The van der Waals surface area contributed by atoms with E-state index in [4.69, 9.17) is 4.42 Å². The van der Waals surface area contributed by atoms with Crippen LogP contribution in [0.1, 0.15) is 15.4 Å². The lowest BCUT2D eigenvalue weighted by atomic mass is 10.3. The minimum atomic E-state index is -0.419. The summed E-state index contributed by atoms with van der Waals surface area (Å²) in [7, 11) is 0. The van der Waals surface area contributed by atoms with Crippen molar-refractivity contribution in [2.45, 2.75) is 11.4 Å². The van der Waals surface area contributed by atoms with Crippen molar-refractivity contribution < 1.29 is 18.8 Å². The number of benzene rings is 2. The van der Waals surface area contributed by atoms with Gasteiger partial charge in [0, 0.05) is 16.3 Å². The Balaban J connectivity index is 1.37. The molecule has 7 nitrogen and oxygen atoms in total. The molecule has 9 heteroatoms. The summed E-state index contributed by atoms with van der Waals surface area (Å²) in [6, 6.07) is 23.4. The summed E-state index contributed by atoms with van der Waals surface area (Å²) in [5.41, 5.74) is 1.55. The maximum atomic E-state index is 13.3. The largest absolute Gasteiger partial charge is 0.467 e. The normalized spacial score (nSPS) is 13.4. The number of imide groups is 1. The van der Waals surface area contributed by atoms with Gasteiger partial charge in [-0.2, -0.15) is 0 Å². The Morgan fingerprint density at radius 2 is 1.69 bits per heavy atom. The molecule has 3 heterocycles. The second-order valence-corrected chi connectivity index (χ2v) is 9.56. The Morgan fingerprint density at radius 3 is 2.37 bits per heavy atom. The van der Waals surface area contributed by atoms with Gasteiger partial charge < -0.3 is 15.1 Å². The number of amides is 3. The lowest BCUT2D eigenvalue weighted by Crippen LogP contribution is -2.31. The molecule has 0 spiro atoms. The summed E-state index contributed by atoms with van der Waals surface area (Å²) in [6.45, 7) is 0.0440. The number of carbonyl (C=O) groups is 3. The third kappa shape index (κ3) is 5.06. The van der Waals surface area contributed by atoms with Crippen LogP contribution in [0, 0.1) is 0 Å². The summed E-state index contributed by atoms with van der Waals surface area (Å²) in [5.74, 6) is -0.479. The molecule has 1 aliphatic rings. The topological polar surface area (TPSA) is 91.7 Å². The Bertz CT molecular complexity index is 1380. The molecule has 0 atom stereocenters. The fourth-order valence-corrected chi connectivity index (χ4v) is 5.02. The zero-order chi connectivity index (χ0) is 24.2. The minimum absolute atomic E-state index is 0.0440. The highest BCUT2D eigenvalue weighted by atomic mass is 32.2. The molecule has 0 unspecified atom stereocenters. The van der Waals surface area contributed by atoms with E-state index < -0.39 is 11.8 Å². The molecule has 2 aromatic carbocycles. The number of carbonyl (C=O) groups excluding carboxylic acids is 3. The van der Waals surface area contributed by atoms with Crippen LogP contribution in [-0.4, -0.2) is 22.6 Å². The van der Waals surface area contributed by atoms with Crippen LogP contribution in [0.3, 0.4) is 0 Å². The summed E-state index contributed by atoms with van der Waals surface area (Å²) < 4.78 is 5.35. The maximum absolute atomic E-state index is 13.3. The molecule has 0 aliphatic carbocycles. The number of para-hydroxylation sites is 1. The minimum Gasteiger partial charge on any atom is -0.467 e. The number of nitrogens with zero attached hydrogens (tertiary/aromatic N) is 1. The monoisotopic (exact) mass is 501 g/mol. The standard InChI is InChI=1S/C26H19N3O4S2/c30-24(21-9-5-15-34-21)28-18-10-12-20(13-11-18)35-23-22(27-17-6-2-1-3-7-17)25(31)29(26(23)32)16-19-8-4-14-33-19/h1-15,27H,16H2,(H,28,30). The van der Waals surface area contributed by atoms with Crippen molar-refractivity contribution in [3.05, 3.63) is 112 Å². The van der Waals surface area contributed by atoms with Gasteiger partial charge in [0.15, 0.2) is 0 Å². The first-order valence-electron chi connectivity index (χ1n) is 10.7. The molecule has 5 rings (SSSR count). The average molecular weight is 502 g/mol. The maximum Gasteiger partial charge on any atom is 0.278 e. The summed E-state index contributed by atoms with van der Waals surface area (Å²) in [4.78, 5) is 41.6. The highest BCUT2D eigenvalue weighted by Gasteiger charge is 2.39. The number of anilines is 2. The zero-order valence-corrected chi connectivity index (χ0v) is 19.9. The molecule has 2 aromatic heterocycles. The quantitative estimate of drug-likeness (QED) is 0.306. The van der Waals surface area contributed by atoms with Gasteiger partial charge in [0.05, 0.1) is 17.7 Å². The molecule has 2 N–H and O–H groups in total. The second kappa shape index (κ2) is 10.0. The van der Waals surface area contributed by atoms with E-state index in [9.17, 15) is 14.4 Å². The van der Waals surface area contributed by atoms with Crippen LogP contribution >= 0.6 is 23.1 Å². The Morgan fingerprint density at radius 1 is 0.886 bits per heavy atom. The van der Waals surface area contributed by atoms with Gasteiger partial charge in [0.2, 0.25) is 0 Å². The van der Waals surface area contributed by atoms with Crippen molar-refractivity contribution in [1.29, 1.82) is 0 Å². The number of furan rings is 1. The van der Waals surface area contributed by atoms with Gasteiger partial charge in [-0.25, -0.2) is 0 Å². The van der Waals surface area contributed by atoms with Crippen molar-refractivity contribution >= 4 is 52.2 Å². The van der Waals surface area contributed by atoms with Gasteiger partial charge in [0.25, 0.3) is 17.7 Å². The van der Waals surface area contributed by atoms with Crippen LogP contribution in [0.2, 0.25) is 0 Å². The molecule has 0 saturated heterocycles. The third-order valence-corrected chi connectivity index (χ3v) is 7.10. The average Bonchev–Trinajstić information content (AvgIpc) is 3.63. The molecule has 3 amide bonds. The first-order chi connectivity index (χ1) is 17.1. The third-order valence-electron chi connectivity index (χ3n) is 5.14. The van der Waals surface area contributed by atoms with Gasteiger partial charge in [-0.1, -0.05) is 36.0 Å². The first kappa shape index (κ1) is 22.7.